The molecule has 5 nitrogen and oxygen atoms in total. The quantitative estimate of drug-likeness (QED) is 0.457. The van der Waals surface area contributed by atoms with Crippen molar-refractivity contribution in [3.8, 4) is 0 Å². The summed E-state index contributed by atoms with van der Waals surface area (Å²) in [4.78, 5) is 23.7. The molecule has 0 fully saturated rings. The number of halogens is 1. The van der Waals surface area contributed by atoms with Crippen LogP contribution in [0.5, 0.6) is 0 Å². The van der Waals surface area contributed by atoms with E-state index >= 15 is 0 Å². The van der Waals surface area contributed by atoms with Gasteiger partial charge in [0.15, 0.2) is 0 Å². The van der Waals surface area contributed by atoms with Crippen molar-refractivity contribution in [3.05, 3.63) is 62.6 Å². The highest BCUT2D eigenvalue weighted by Gasteiger charge is 2.21. The van der Waals surface area contributed by atoms with E-state index in [1.54, 1.807) is 6.07 Å². The van der Waals surface area contributed by atoms with Gasteiger partial charge in [0.1, 0.15) is 5.56 Å². The Morgan fingerprint density at radius 1 is 1.19 bits per heavy atom. The molecule has 7 heteroatoms. The Kier molecular flexibility index (Phi) is 4.98. The van der Waals surface area contributed by atoms with Gasteiger partial charge < -0.3 is 4.74 Å². The van der Waals surface area contributed by atoms with Crippen molar-refractivity contribution in [2.75, 3.05) is 7.11 Å². The highest BCUT2D eigenvalue weighted by molar-refractivity contribution is 9.10. The van der Waals surface area contributed by atoms with Crippen LogP contribution < -0.4 is 0 Å². The molecule has 0 unspecified atom stereocenters. The number of hydrogen-bond acceptors (Lipinski definition) is 5. The Morgan fingerprint density at radius 2 is 1.81 bits per heavy atom. The summed E-state index contributed by atoms with van der Waals surface area (Å²) in [5, 5.41) is 10.9. The van der Waals surface area contributed by atoms with Crippen LogP contribution in [0.4, 0.5) is 5.69 Å². The number of rotatable bonds is 4. The van der Waals surface area contributed by atoms with Crippen LogP contribution in [0, 0.1) is 10.1 Å². The van der Waals surface area contributed by atoms with Gasteiger partial charge in [0, 0.05) is 20.3 Å². The normalized spacial score (nSPS) is 10.2. The number of nitrogens with zero attached hydrogens (tertiary/aromatic N) is 1. The summed E-state index contributed by atoms with van der Waals surface area (Å²) in [7, 11) is 1.20. The third-order valence-corrected chi connectivity index (χ3v) is 4.15. The van der Waals surface area contributed by atoms with Gasteiger partial charge in [-0.25, -0.2) is 4.79 Å². The molecule has 0 radical (unpaired) electrons. The molecule has 0 aliphatic carbocycles. The second-order valence-corrected chi connectivity index (χ2v) is 6.05. The molecule has 108 valence electrons. The van der Waals surface area contributed by atoms with Crippen LogP contribution in [-0.4, -0.2) is 18.0 Å². The number of nitro benzene ring substituents is 1. The predicted molar refractivity (Wildman–Crippen MR) is 82.7 cm³/mol. The smallest absolute Gasteiger partial charge is 0.344 e. The second kappa shape index (κ2) is 6.73. The van der Waals surface area contributed by atoms with Gasteiger partial charge in [-0.3, -0.25) is 10.1 Å². The predicted octanol–water partition coefficient (Wildman–Crippen LogP) is 4.30. The lowest BCUT2D eigenvalue weighted by molar-refractivity contribution is -0.385. The fourth-order valence-electron chi connectivity index (χ4n) is 1.65. The van der Waals surface area contributed by atoms with Crippen LogP contribution >= 0.6 is 27.7 Å². The van der Waals surface area contributed by atoms with E-state index in [0.717, 1.165) is 14.3 Å². The van der Waals surface area contributed by atoms with Crippen molar-refractivity contribution in [3.63, 3.8) is 0 Å². The Bertz CT molecular complexity index is 688. The first-order chi connectivity index (χ1) is 10.0. The Labute approximate surface area is 133 Å². The lowest BCUT2D eigenvalue weighted by Crippen LogP contribution is -2.05. The Hall–Kier alpha value is -1.86. The minimum absolute atomic E-state index is 0.0513. The molecule has 0 amide bonds. The molecule has 2 aromatic carbocycles. The third kappa shape index (κ3) is 3.83. The number of hydrogen-bond donors (Lipinski definition) is 0. The fourth-order valence-corrected chi connectivity index (χ4v) is 2.77. The first-order valence-electron chi connectivity index (χ1n) is 5.81. The number of esters is 1. The topological polar surface area (TPSA) is 69.4 Å². The maximum Gasteiger partial charge on any atom is 0.344 e. The number of nitro groups is 1. The van der Waals surface area contributed by atoms with Gasteiger partial charge in [-0.1, -0.05) is 27.7 Å². The van der Waals surface area contributed by atoms with E-state index in [4.69, 9.17) is 0 Å². The summed E-state index contributed by atoms with van der Waals surface area (Å²) in [6.07, 6.45) is 0. The number of carbonyl (C=O) groups is 1. The van der Waals surface area contributed by atoms with E-state index in [-0.39, 0.29) is 11.3 Å². The van der Waals surface area contributed by atoms with Crippen LogP contribution in [0.25, 0.3) is 0 Å². The molecule has 0 atom stereocenters. The van der Waals surface area contributed by atoms with E-state index in [0.29, 0.717) is 0 Å². The molecule has 2 aromatic rings. The number of ether oxygens (including phenoxy) is 1. The minimum atomic E-state index is -0.722. The van der Waals surface area contributed by atoms with E-state index in [9.17, 15) is 14.9 Å². The summed E-state index contributed by atoms with van der Waals surface area (Å²) >= 11 is 4.76. The van der Waals surface area contributed by atoms with Gasteiger partial charge in [0.25, 0.3) is 5.69 Å². The Morgan fingerprint density at radius 3 is 2.38 bits per heavy atom. The highest BCUT2D eigenvalue weighted by atomic mass is 79.9. The summed E-state index contributed by atoms with van der Waals surface area (Å²) in [6.45, 7) is 0. The SMILES string of the molecule is COC(=O)c1cc(Sc2ccc(Br)cc2)ccc1[N+](=O)[O-]. The largest absolute Gasteiger partial charge is 0.465 e. The van der Waals surface area contributed by atoms with Gasteiger partial charge in [0.05, 0.1) is 12.0 Å². The number of methoxy groups -OCH3 is 1. The standard InChI is InChI=1S/C14H10BrNO4S/c1-20-14(17)12-8-11(6-7-13(12)16(18)19)21-10-4-2-9(15)3-5-10/h2-8H,1H3. The van der Waals surface area contributed by atoms with Crippen molar-refractivity contribution in [2.45, 2.75) is 9.79 Å². The van der Waals surface area contributed by atoms with E-state index in [1.165, 1.54) is 31.0 Å². The monoisotopic (exact) mass is 367 g/mol. The minimum Gasteiger partial charge on any atom is -0.465 e. The first-order valence-corrected chi connectivity index (χ1v) is 7.42. The Balaban J connectivity index is 2.35. The summed E-state index contributed by atoms with van der Waals surface area (Å²) in [6, 6.07) is 12.0. The molecule has 0 spiro atoms. The molecule has 0 saturated heterocycles. The van der Waals surface area contributed by atoms with Gasteiger partial charge in [-0.15, -0.1) is 0 Å². The maximum atomic E-state index is 11.6. The van der Waals surface area contributed by atoms with Gasteiger partial charge in [-0.05, 0) is 36.4 Å². The zero-order chi connectivity index (χ0) is 15.4. The van der Waals surface area contributed by atoms with Crippen molar-refractivity contribution in [2.24, 2.45) is 0 Å². The average Bonchev–Trinajstić information content (AvgIpc) is 2.48. The first kappa shape index (κ1) is 15.5. The molecule has 0 aliphatic rings. The lowest BCUT2D eigenvalue weighted by atomic mass is 10.2. The molecule has 0 saturated carbocycles. The summed E-state index contributed by atoms with van der Waals surface area (Å²) in [5.74, 6) is -0.722. The molecule has 0 aromatic heterocycles. The molecule has 0 bridgehead atoms. The lowest BCUT2D eigenvalue weighted by Gasteiger charge is -2.05. The zero-order valence-electron chi connectivity index (χ0n) is 10.9. The van der Waals surface area contributed by atoms with Crippen LogP contribution in [0.2, 0.25) is 0 Å². The summed E-state index contributed by atoms with van der Waals surface area (Å²) < 4.78 is 5.55. The number of benzene rings is 2. The van der Waals surface area contributed by atoms with E-state index in [1.807, 2.05) is 24.3 Å². The molecule has 0 heterocycles. The third-order valence-electron chi connectivity index (χ3n) is 2.62. The molecule has 21 heavy (non-hydrogen) atoms. The van der Waals surface area contributed by atoms with E-state index < -0.39 is 10.9 Å². The van der Waals surface area contributed by atoms with Crippen LogP contribution in [-0.2, 0) is 4.74 Å². The zero-order valence-corrected chi connectivity index (χ0v) is 13.3. The number of carbonyl (C=O) groups excluding carboxylic acids is 1. The second-order valence-electron chi connectivity index (χ2n) is 3.98. The van der Waals surface area contributed by atoms with Crippen LogP contribution in [0.15, 0.2) is 56.7 Å². The van der Waals surface area contributed by atoms with Crippen molar-refractivity contribution < 1.29 is 14.5 Å². The molecule has 0 aliphatic heterocycles. The average molecular weight is 368 g/mol. The van der Waals surface area contributed by atoms with E-state index in [2.05, 4.69) is 20.7 Å². The maximum absolute atomic E-state index is 11.6. The molecule has 0 N–H and O–H groups in total. The molecular formula is C14H10BrNO4S. The summed E-state index contributed by atoms with van der Waals surface area (Å²) in [5.41, 5.74) is -0.313. The van der Waals surface area contributed by atoms with Crippen molar-refractivity contribution >= 4 is 39.3 Å². The van der Waals surface area contributed by atoms with Gasteiger partial charge >= 0.3 is 5.97 Å². The molecular weight excluding hydrogens is 358 g/mol. The van der Waals surface area contributed by atoms with Crippen LogP contribution in [0.1, 0.15) is 10.4 Å². The van der Waals surface area contributed by atoms with Crippen LogP contribution in [0.3, 0.4) is 0 Å². The van der Waals surface area contributed by atoms with Crippen molar-refractivity contribution in [1.29, 1.82) is 0 Å². The molecule has 2 rings (SSSR count). The van der Waals surface area contributed by atoms with Gasteiger partial charge in [0.2, 0.25) is 0 Å². The van der Waals surface area contributed by atoms with Gasteiger partial charge in [-0.2, -0.15) is 0 Å². The van der Waals surface area contributed by atoms with Crippen molar-refractivity contribution in [1.82, 2.24) is 0 Å². The fraction of sp³-hybridized carbons (Fsp3) is 0.0714. The highest BCUT2D eigenvalue weighted by Crippen LogP contribution is 2.32.